The Kier molecular flexibility index (Phi) is 5.91. The van der Waals surface area contributed by atoms with E-state index in [1.54, 1.807) is 7.11 Å². The van der Waals surface area contributed by atoms with Crippen molar-refractivity contribution in [2.45, 2.75) is 13.8 Å². The number of nitrogens with zero attached hydrogens (tertiary/aromatic N) is 3. The highest BCUT2D eigenvalue weighted by Gasteiger charge is 2.23. The van der Waals surface area contributed by atoms with Crippen LogP contribution >= 0.6 is 0 Å². The van der Waals surface area contributed by atoms with Crippen LogP contribution in [0.1, 0.15) is 21.7 Å². The van der Waals surface area contributed by atoms with Crippen molar-refractivity contribution in [1.82, 2.24) is 9.47 Å². The Morgan fingerprint density at radius 2 is 1.60 bits per heavy atom. The second kappa shape index (κ2) is 8.76. The van der Waals surface area contributed by atoms with Crippen molar-refractivity contribution in [2.75, 3.05) is 44.7 Å². The van der Waals surface area contributed by atoms with Crippen molar-refractivity contribution in [3.8, 4) is 11.4 Å². The van der Waals surface area contributed by atoms with Gasteiger partial charge in [0.2, 0.25) is 0 Å². The van der Waals surface area contributed by atoms with Crippen LogP contribution in [0.5, 0.6) is 5.75 Å². The van der Waals surface area contributed by atoms with Crippen LogP contribution < -0.4 is 9.64 Å². The number of Topliss-reactive ketones (excluding diaryl/α,β-unsaturated/α-hetero) is 1. The number of aromatic nitrogens is 1. The van der Waals surface area contributed by atoms with Crippen LogP contribution in [0, 0.1) is 13.8 Å². The van der Waals surface area contributed by atoms with Gasteiger partial charge in [0.05, 0.1) is 19.3 Å². The summed E-state index contributed by atoms with van der Waals surface area (Å²) in [5.74, 6) is 1.09. The third-order valence-corrected chi connectivity index (χ3v) is 5.91. The molecule has 3 aromatic rings. The topological polar surface area (TPSA) is 37.7 Å². The minimum absolute atomic E-state index is 0.191. The summed E-state index contributed by atoms with van der Waals surface area (Å²) in [6.07, 6.45) is 0. The van der Waals surface area contributed by atoms with Gasteiger partial charge in [-0.15, -0.1) is 0 Å². The number of hydrogen-bond donors (Lipinski definition) is 0. The van der Waals surface area contributed by atoms with Gasteiger partial charge in [-0.2, -0.15) is 0 Å². The molecule has 2 aromatic carbocycles. The molecular weight excluding hydrogens is 374 g/mol. The number of rotatable bonds is 6. The van der Waals surface area contributed by atoms with Gasteiger partial charge >= 0.3 is 0 Å². The molecule has 1 saturated heterocycles. The molecule has 1 aromatic heterocycles. The summed E-state index contributed by atoms with van der Waals surface area (Å²) < 4.78 is 7.66. The maximum Gasteiger partial charge on any atom is 0.178 e. The van der Waals surface area contributed by atoms with Gasteiger partial charge in [-0.05, 0) is 44.2 Å². The van der Waals surface area contributed by atoms with Crippen molar-refractivity contribution in [3.63, 3.8) is 0 Å². The number of carbonyl (C=O) groups is 1. The molecular formula is C25H29N3O2. The second-order valence-electron chi connectivity index (χ2n) is 7.81. The molecule has 0 bridgehead atoms. The van der Waals surface area contributed by atoms with Crippen molar-refractivity contribution >= 4 is 11.5 Å². The predicted molar refractivity (Wildman–Crippen MR) is 121 cm³/mol. The number of ketones is 1. The van der Waals surface area contributed by atoms with Gasteiger partial charge in [-0.1, -0.05) is 30.3 Å². The summed E-state index contributed by atoms with van der Waals surface area (Å²) in [5.41, 5.74) is 5.14. The summed E-state index contributed by atoms with van der Waals surface area (Å²) >= 11 is 0. The van der Waals surface area contributed by atoms with E-state index in [2.05, 4.69) is 39.5 Å². The maximum absolute atomic E-state index is 13.1. The first kappa shape index (κ1) is 20.2. The molecule has 0 radical (unpaired) electrons. The number of ether oxygens (including phenoxy) is 1. The van der Waals surface area contributed by atoms with E-state index in [9.17, 15) is 4.79 Å². The van der Waals surface area contributed by atoms with Crippen molar-refractivity contribution in [3.05, 3.63) is 77.6 Å². The van der Waals surface area contributed by atoms with E-state index in [1.807, 2.05) is 49.4 Å². The fourth-order valence-electron chi connectivity index (χ4n) is 4.35. The summed E-state index contributed by atoms with van der Waals surface area (Å²) in [5, 5.41) is 0. The summed E-state index contributed by atoms with van der Waals surface area (Å²) in [7, 11) is 1.71. The van der Waals surface area contributed by atoms with Gasteiger partial charge in [0.1, 0.15) is 5.75 Å². The first-order valence-corrected chi connectivity index (χ1v) is 10.5. The highest BCUT2D eigenvalue weighted by atomic mass is 16.5. The van der Waals surface area contributed by atoms with Gasteiger partial charge in [-0.3, -0.25) is 9.69 Å². The lowest BCUT2D eigenvalue weighted by molar-refractivity contribution is 0.0925. The highest BCUT2D eigenvalue weighted by Crippen LogP contribution is 2.28. The number of piperazine rings is 1. The molecule has 5 nitrogen and oxygen atoms in total. The van der Waals surface area contributed by atoms with Crippen LogP contribution in [-0.2, 0) is 0 Å². The molecule has 30 heavy (non-hydrogen) atoms. The minimum atomic E-state index is 0.191. The molecule has 1 aliphatic heterocycles. The Bertz CT molecular complexity index is 1020. The first-order chi connectivity index (χ1) is 14.6. The van der Waals surface area contributed by atoms with Crippen molar-refractivity contribution in [1.29, 1.82) is 0 Å². The first-order valence-electron chi connectivity index (χ1n) is 10.5. The van der Waals surface area contributed by atoms with E-state index in [-0.39, 0.29) is 5.78 Å². The van der Waals surface area contributed by atoms with Crippen LogP contribution in [0.15, 0.2) is 60.7 Å². The second-order valence-corrected chi connectivity index (χ2v) is 7.81. The fourth-order valence-corrected chi connectivity index (χ4v) is 4.35. The summed E-state index contributed by atoms with van der Waals surface area (Å²) in [6.45, 7) is 8.05. The van der Waals surface area contributed by atoms with Crippen LogP contribution in [0.4, 0.5) is 5.69 Å². The van der Waals surface area contributed by atoms with Gasteiger partial charge < -0.3 is 14.2 Å². The summed E-state index contributed by atoms with van der Waals surface area (Å²) in [6, 6.07) is 20.3. The average molecular weight is 404 g/mol. The number of para-hydroxylation sites is 3. The fraction of sp³-hybridized carbons (Fsp3) is 0.320. The molecule has 0 saturated carbocycles. The number of hydrogen-bond acceptors (Lipinski definition) is 4. The largest absolute Gasteiger partial charge is 0.495 e. The molecule has 1 fully saturated rings. The lowest BCUT2D eigenvalue weighted by atomic mass is 10.1. The molecule has 0 aliphatic carbocycles. The highest BCUT2D eigenvalue weighted by molar-refractivity contribution is 5.99. The minimum Gasteiger partial charge on any atom is -0.495 e. The van der Waals surface area contributed by atoms with Crippen LogP contribution in [0.2, 0.25) is 0 Å². The van der Waals surface area contributed by atoms with Gasteiger partial charge in [0.25, 0.3) is 0 Å². The Hall–Kier alpha value is -3.05. The van der Waals surface area contributed by atoms with E-state index < -0.39 is 0 Å². The number of aryl methyl sites for hydroxylation is 1. The van der Waals surface area contributed by atoms with Gasteiger partial charge in [-0.25, -0.2) is 0 Å². The zero-order valence-electron chi connectivity index (χ0n) is 18.0. The van der Waals surface area contributed by atoms with Gasteiger partial charge in [0, 0.05) is 48.8 Å². The van der Waals surface area contributed by atoms with Gasteiger partial charge in [0.15, 0.2) is 5.78 Å². The normalized spacial score (nSPS) is 14.7. The smallest absolute Gasteiger partial charge is 0.178 e. The summed E-state index contributed by atoms with van der Waals surface area (Å²) in [4.78, 5) is 17.7. The molecule has 0 atom stereocenters. The standard InChI is InChI=1S/C25H29N3O2/c1-19-17-22(20(2)28(19)21-9-5-4-6-10-21)24(29)18-26-13-15-27(16-14-26)23-11-7-8-12-25(23)30-3/h4-12,17H,13-16,18H2,1-3H3. The molecule has 0 unspecified atom stereocenters. The molecule has 0 N–H and O–H groups in total. The Labute approximate surface area is 178 Å². The Morgan fingerprint density at radius 3 is 2.30 bits per heavy atom. The quantitative estimate of drug-likeness (QED) is 0.581. The monoisotopic (exact) mass is 403 g/mol. The number of benzene rings is 2. The van der Waals surface area contributed by atoms with Crippen LogP contribution in [-0.4, -0.2) is 55.1 Å². The molecule has 4 rings (SSSR count). The Morgan fingerprint density at radius 1 is 0.933 bits per heavy atom. The van der Waals surface area contributed by atoms with Crippen LogP contribution in [0.25, 0.3) is 5.69 Å². The predicted octanol–water partition coefficient (Wildman–Crippen LogP) is 4.11. The zero-order chi connectivity index (χ0) is 21.1. The maximum atomic E-state index is 13.1. The van der Waals surface area contributed by atoms with E-state index in [1.165, 1.54) is 0 Å². The molecule has 5 heteroatoms. The molecule has 2 heterocycles. The van der Waals surface area contributed by atoms with Crippen molar-refractivity contribution < 1.29 is 9.53 Å². The Balaban J connectivity index is 1.42. The third-order valence-electron chi connectivity index (χ3n) is 5.91. The SMILES string of the molecule is COc1ccccc1N1CCN(CC(=O)c2cc(C)n(-c3ccccc3)c2C)CC1. The van der Waals surface area contributed by atoms with E-state index in [0.717, 1.165) is 60.3 Å². The molecule has 0 amide bonds. The van der Waals surface area contributed by atoms with Crippen molar-refractivity contribution in [2.24, 2.45) is 0 Å². The zero-order valence-corrected chi connectivity index (χ0v) is 18.0. The molecule has 0 spiro atoms. The average Bonchev–Trinajstić information content (AvgIpc) is 3.09. The number of anilines is 1. The molecule has 1 aliphatic rings. The van der Waals surface area contributed by atoms with E-state index in [4.69, 9.17) is 4.74 Å². The van der Waals surface area contributed by atoms with E-state index >= 15 is 0 Å². The third kappa shape index (κ3) is 3.98. The number of methoxy groups -OCH3 is 1. The number of carbonyl (C=O) groups excluding carboxylic acids is 1. The lowest BCUT2D eigenvalue weighted by Crippen LogP contribution is -2.48. The van der Waals surface area contributed by atoms with E-state index in [0.29, 0.717) is 6.54 Å². The lowest BCUT2D eigenvalue weighted by Gasteiger charge is -2.36. The molecule has 156 valence electrons. The van der Waals surface area contributed by atoms with Crippen LogP contribution in [0.3, 0.4) is 0 Å².